The molecule has 0 aromatic heterocycles. The molecule has 0 heterocycles. The van der Waals surface area contributed by atoms with Crippen molar-refractivity contribution in [3.8, 4) is 0 Å². The highest BCUT2D eigenvalue weighted by Gasteiger charge is 2.38. The van der Waals surface area contributed by atoms with E-state index in [2.05, 4.69) is 0 Å². The highest BCUT2D eigenvalue weighted by atomic mass is 32.2. The van der Waals surface area contributed by atoms with Gasteiger partial charge in [0.2, 0.25) is 0 Å². The fourth-order valence-corrected chi connectivity index (χ4v) is 1.31. The minimum absolute atomic E-state index is 0.112. The molecule has 1 atom stereocenters. The second kappa shape index (κ2) is 5.36. The normalized spacial score (nSPS) is 14.2. The summed E-state index contributed by atoms with van der Waals surface area (Å²) in [6.45, 7) is -0.522. The third-order valence-electron chi connectivity index (χ3n) is 1.12. The number of thioether (sulfide) groups is 1. The highest BCUT2D eigenvalue weighted by molar-refractivity contribution is 7.99. The summed E-state index contributed by atoms with van der Waals surface area (Å²) in [5.41, 5.74) is 0. The van der Waals surface area contributed by atoms with Gasteiger partial charge < -0.3 is 15.3 Å². The fourth-order valence-electron chi connectivity index (χ4n) is 0.438. The monoisotopic (exact) mass is 216 g/mol. The van der Waals surface area contributed by atoms with Crippen molar-refractivity contribution < 1.29 is 28.9 Å². The van der Waals surface area contributed by atoms with Crippen LogP contribution >= 0.6 is 11.8 Å². The number of carboxylic acid groups (broad SMARTS) is 1. The van der Waals surface area contributed by atoms with Crippen molar-refractivity contribution in [2.24, 2.45) is 0 Å². The maximum absolute atomic E-state index is 12.3. The van der Waals surface area contributed by atoms with Crippen LogP contribution < -0.4 is 0 Å². The van der Waals surface area contributed by atoms with E-state index in [1.165, 1.54) is 0 Å². The Labute approximate surface area is 77.6 Å². The average molecular weight is 216 g/mol. The first-order chi connectivity index (χ1) is 5.90. The Morgan fingerprint density at radius 3 is 2.46 bits per heavy atom. The van der Waals surface area contributed by atoms with Gasteiger partial charge in [-0.15, -0.1) is 0 Å². The Morgan fingerprint density at radius 2 is 2.08 bits per heavy atom. The zero-order valence-corrected chi connectivity index (χ0v) is 7.43. The van der Waals surface area contributed by atoms with Crippen molar-refractivity contribution in [1.82, 2.24) is 0 Å². The summed E-state index contributed by atoms with van der Waals surface area (Å²) in [7, 11) is 0. The van der Waals surface area contributed by atoms with E-state index >= 15 is 0 Å². The van der Waals surface area contributed by atoms with Gasteiger partial charge in [-0.25, -0.2) is 4.79 Å². The lowest BCUT2D eigenvalue weighted by molar-refractivity contribution is -0.161. The van der Waals surface area contributed by atoms with Crippen molar-refractivity contribution in [1.29, 1.82) is 0 Å². The number of aliphatic hydroxyl groups excluding tert-OH is 2. The van der Waals surface area contributed by atoms with E-state index in [0.717, 1.165) is 0 Å². The van der Waals surface area contributed by atoms with Crippen LogP contribution in [0.25, 0.3) is 0 Å². The number of hydrogen-bond acceptors (Lipinski definition) is 4. The summed E-state index contributed by atoms with van der Waals surface area (Å²) < 4.78 is 24.7. The second-order valence-electron chi connectivity index (χ2n) is 2.36. The molecule has 1 unspecified atom stereocenters. The van der Waals surface area contributed by atoms with Crippen molar-refractivity contribution in [3.05, 3.63) is 0 Å². The van der Waals surface area contributed by atoms with E-state index in [1.807, 2.05) is 0 Å². The van der Waals surface area contributed by atoms with Crippen molar-refractivity contribution in [3.63, 3.8) is 0 Å². The highest BCUT2D eigenvalue weighted by Crippen LogP contribution is 2.20. The van der Waals surface area contributed by atoms with E-state index in [4.69, 9.17) is 15.3 Å². The van der Waals surface area contributed by atoms with Gasteiger partial charge in [-0.1, -0.05) is 0 Å². The van der Waals surface area contributed by atoms with E-state index in [9.17, 15) is 13.6 Å². The molecule has 0 saturated carbocycles. The predicted octanol–water partition coefficient (Wildman–Crippen LogP) is -0.207. The largest absolute Gasteiger partial charge is 0.477 e. The standard InChI is InChI=1S/C6H10F2O4S/c7-6(8,5(11)12)3-13-2-4(10)1-9/h4,9-10H,1-3H2,(H,11,12). The summed E-state index contributed by atoms with van der Waals surface area (Å²) in [5, 5.41) is 25.0. The summed E-state index contributed by atoms with van der Waals surface area (Å²) in [5.74, 6) is -6.98. The van der Waals surface area contributed by atoms with Gasteiger partial charge in [0, 0.05) is 5.75 Å². The molecule has 0 radical (unpaired) electrons. The summed E-state index contributed by atoms with van der Waals surface area (Å²) in [4.78, 5) is 9.89. The summed E-state index contributed by atoms with van der Waals surface area (Å²) in [6.07, 6.45) is -1.09. The topological polar surface area (TPSA) is 77.8 Å². The van der Waals surface area contributed by atoms with Gasteiger partial charge in [-0.2, -0.15) is 20.5 Å². The first kappa shape index (κ1) is 12.6. The zero-order chi connectivity index (χ0) is 10.5. The molecule has 0 spiro atoms. The van der Waals surface area contributed by atoms with E-state index in [0.29, 0.717) is 11.8 Å². The molecule has 7 heteroatoms. The molecule has 0 aliphatic heterocycles. The molecule has 0 aliphatic carbocycles. The molecule has 0 saturated heterocycles. The molecule has 0 aliphatic rings. The lowest BCUT2D eigenvalue weighted by atomic mass is 10.4. The zero-order valence-electron chi connectivity index (χ0n) is 6.61. The lowest BCUT2D eigenvalue weighted by Gasteiger charge is -2.11. The Bertz CT molecular complexity index is 176. The number of hydrogen-bond donors (Lipinski definition) is 3. The third-order valence-corrected chi connectivity index (χ3v) is 2.30. The number of carboxylic acids is 1. The van der Waals surface area contributed by atoms with E-state index < -0.39 is 30.4 Å². The smallest absolute Gasteiger partial charge is 0.375 e. The molecule has 0 bridgehead atoms. The number of aliphatic carboxylic acids is 1. The maximum Gasteiger partial charge on any atom is 0.375 e. The number of carbonyl (C=O) groups is 1. The molecule has 0 fully saturated rings. The van der Waals surface area contributed by atoms with Crippen LogP contribution in [0.15, 0.2) is 0 Å². The van der Waals surface area contributed by atoms with Gasteiger partial charge in [0.25, 0.3) is 0 Å². The SMILES string of the molecule is O=C(O)C(F)(F)CSCC(O)CO. The minimum atomic E-state index is -3.78. The van der Waals surface area contributed by atoms with Gasteiger partial charge in [0.15, 0.2) is 0 Å². The van der Waals surface area contributed by atoms with Crippen molar-refractivity contribution in [2.75, 3.05) is 18.1 Å². The third kappa shape index (κ3) is 5.02. The minimum Gasteiger partial charge on any atom is -0.477 e. The molecule has 0 aromatic rings. The Morgan fingerprint density at radius 1 is 1.54 bits per heavy atom. The molecule has 0 aromatic carbocycles. The van der Waals surface area contributed by atoms with Gasteiger partial charge >= 0.3 is 11.9 Å². The molecular weight excluding hydrogens is 206 g/mol. The van der Waals surface area contributed by atoms with E-state index in [-0.39, 0.29) is 5.75 Å². The number of aliphatic hydroxyl groups is 2. The molecule has 78 valence electrons. The van der Waals surface area contributed by atoms with Crippen LogP contribution in [0.1, 0.15) is 0 Å². The fraction of sp³-hybridized carbons (Fsp3) is 0.833. The van der Waals surface area contributed by atoms with Crippen LogP contribution in [0.4, 0.5) is 8.78 Å². The molecular formula is C6H10F2O4S. The lowest BCUT2D eigenvalue weighted by Crippen LogP contribution is -2.31. The Balaban J connectivity index is 3.70. The van der Waals surface area contributed by atoms with Crippen LogP contribution in [0.2, 0.25) is 0 Å². The van der Waals surface area contributed by atoms with Gasteiger partial charge in [-0.3, -0.25) is 0 Å². The molecule has 3 N–H and O–H groups in total. The van der Waals surface area contributed by atoms with E-state index in [1.54, 1.807) is 0 Å². The Kier molecular flexibility index (Phi) is 5.19. The van der Waals surface area contributed by atoms with Crippen LogP contribution in [-0.2, 0) is 4.79 Å². The van der Waals surface area contributed by atoms with Crippen LogP contribution in [0.5, 0.6) is 0 Å². The predicted molar refractivity (Wildman–Crippen MR) is 43.0 cm³/mol. The number of rotatable bonds is 6. The number of halogens is 2. The quantitative estimate of drug-likeness (QED) is 0.572. The van der Waals surface area contributed by atoms with Crippen LogP contribution in [-0.4, -0.2) is 51.4 Å². The molecule has 0 rings (SSSR count). The summed E-state index contributed by atoms with van der Waals surface area (Å²) in [6, 6.07) is 0. The van der Waals surface area contributed by atoms with Crippen molar-refractivity contribution in [2.45, 2.75) is 12.0 Å². The molecule has 0 amide bonds. The maximum atomic E-state index is 12.3. The number of alkyl halides is 2. The second-order valence-corrected chi connectivity index (χ2v) is 3.39. The first-order valence-electron chi connectivity index (χ1n) is 3.38. The van der Waals surface area contributed by atoms with Crippen LogP contribution in [0, 0.1) is 0 Å². The molecule has 4 nitrogen and oxygen atoms in total. The molecule has 13 heavy (non-hydrogen) atoms. The van der Waals surface area contributed by atoms with Gasteiger partial charge in [-0.05, 0) is 0 Å². The van der Waals surface area contributed by atoms with Gasteiger partial charge in [0.1, 0.15) is 0 Å². The van der Waals surface area contributed by atoms with Crippen molar-refractivity contribution >= 4 is 17.7 Å². The van der Waals surface area contributed by atoms with Gasteiger partial charge in [0.05, 0.1) is 18.5 Å². The Hall–Kier alpha value is -0.400. The van der Waals surface area contributed by atoms with Crippen LogP contribution in [0.3, 0.4) is 0 Å². The summed E-state index contributed by atoms with van der Waals surface area (Å²) >= 11 is 0.580. The first-order valence-corrected chi connectivity index (χ1v) is 4.53. The average Bonchev–Trinajstić information content (AvgIpc) is 2.03.